The summed E-state index contributed by atoms with van der Waals surface area (Å²) in [4.78, 5) is 0. The van der Waals surface area contributed by atoms with E-state index in [4.69, 9.17) is 23.2 Å². The predicted molar refractivity (Wildman–Crippen MR) is 126 cm³/mol. The molecule has 0 fully saturated rings. The molecule has 1 heterocycles. The largest absolute Gasteiger partial charge is 1.00 e. The van der Waals surface area contributed by atoms with E-state index in [0.717, 1.165) is 28.7 Å². The monoisotopic (exact) mass is 564 g/mol. The smallest absolute Gasteiger partial charge is 0.253 e. The average molecular weight is 565 g/mol. The number of aryl methyl sites for hydroxylation is 1. The first kappa shape index (κ1) is 27.8. The Kier molecular flexibility index (Phi) is 15.2. The Bertz CT molecular complexity index is 695. The van der Waals surface area contributed by atoms with E-state index in [1.165, 1.54) is 82.9 Å². The Morgan fingerprint density at radius 1 is 0.800 bits per heavy atom. The van der Waals surface area contributed by atoms with Gasteiger partial charge >= 0.3 is 0 Å². The number of hydrogen-bond donors (Lipinski definition) is 0. The number of nitrogens with zero attached hydrogens (tertiary/aromatic N) is 2. The number of aromatic nitrogens is 2. The molecule has 0 aliphatic carbocycles. The molecule has 0 aliphatic heterocycles. The van der Waals surface area contributed by atoms with Gasteiger partial charge in [0.1, 0.15) is 18.9 Å². The summed E-state index contributed by atoms with van der Waals surface area (Å²) in [6.45, 7) is 6.26. The molecule has 0 aliphatic rings. The highest BCUT2D eigenvalue weighted by Crippen LogP contribution is 2.24. The molecule has 0 atom stereocenters. The molecule has 30 heavy (non-hydrogen) atoms. The highest BCUT2D eigenvalue weighted by molar-refractivity contribution is 6.35. The fraction of sp³-hybridized carbons (Fsp3) is 0.640. The van der Waals surface area contributed by atoms with E-state index < -0.39 is 0 Å². The number of benzene rings is 1. The molecule has 2 rings (SSSR count). The van der Waals surface area contributed by atoms with Crippen LogP contribution < -0.4 is 28.5 Å². The zero-order chi connectivity index (χ0) is 20.9. The molecule has 0 bridgehead atoms. The zero-order valence-corrected chi connectivity index (χ0v) is 22.5. The third-order valence-corrected chi connectivity index (χ3v) is 6.61. The van der Waals surface area contributed by atoms with Crippen molar-refractivity contribution in [2.45, 2.75) is 104 Å². The van der Waals surface area contributed by atoms with Crippen LogP contribution in [0.4, 0.5) is 0 Å². The molecule has 2 nitrogen and oxygen atoms in total. The fourth-order valence-corrected chi connectivity index (χ4v) is 4.44. The van der Waals surface area contributed by atoms with Gasteiger partial charge in [0.25, 0.3) is 5.82 Å². The van der Waals surface area contributed by atoms with Crippen LogP contribution in [-0.2, 0) is 13.1 Å². The standard InChI is InChI=1S/C25H39Cl2N2.HI/c1-3-4-5-6-7-8-9-10-11-12-13-14-18-28-19-20-29(22(28)2)21-23-24(26)16-15-17-25(23)27;/h15-17,19-20H,3-14,18,21H2,1-2H3;1H/q+1;/p-1. The van der Waals surface area contributed by atoms with Gasteiger partial charge in [0.15, 0.2) is 0 Å². The van der Waals surface area contributed by atoms with Gasteiger partial charge < -0.3 is 24.0 Å². The van der Waals surface area contributed by atoms with Crippen LogP contribution in [0, 0.1) is 6.92 Å². The Morgan fingerprint density at radius 2 is 1.30 bits per heavy atom. The van der Waals surface area contributed by atoms with Crippen LogP contribution >= 0.6 is 23.2 Å². The fourth-order valence-electron chi connectivity index (χ4n) is 3.92. The minimum absolute atomic E-state index is 0. The molecule has 0 saturated heterocycles. The first-order valence-corrected chi connectivity index (χ1v) is 12.4. The van der Waals surface area contributed by atoms with Crippen LogP contribution in [-0.4, -0.2) is 4.57 Å². The molecule has 0 amide bonds. The number of halogens is 3. The summed E-state index contributed by atoms with van der Waals surface area (Å²) < 4.78 is 4.58. The van der Waals surface area contributed by atoms with Crippen molar-refractivity contribution in [1.82, 2.24) is 4.57 Å². The van der Waals surface area contributed by atoms with Crippen LogP contribution in [0.3, 0.4) is 0 Å². The van der Waals surface area contributed by atoms with Gasteiger partial charge in [0, 0.05) is 22.5 Å². The van der Waals surface area contributed by atoms with Crippen molar-refractivity contribution in [1.29, 1.82) is 0 Å². The molecule has 0 unspecified atom stereocenters. The van der Waals surface area contributed by atoms with Crippen molar-refractivity contribution in [3.8, 4) is 0 Å². The first-order valence-electron chi connectivity index (χ1n) is 11.6. The minimum Gasteiger partial charge on any atom is -1.00 e. The van der Waals surface area contributed by atoms with Crippen molar-refractivity contribution < 1.29 is 28.5 Å². The summed E-state index contributed by atoms with van der Waals surface area (Å²) in [7, 11) is 0. The molecule has 0 spiro atoms. The van der Waals surface area contributed by atoms with Gasteiger partial charge in [-0.25, -0.2) is 9.13 Å². The van der Waals surface area contributed by atoms with Crippen molar-refractivity contribution in [3.05, 3.63) is 52.0 Å². The number of imidazole rings is 1. The van der Waals surface area contributed by atoms with E-state index in [0.29, 0.717) is 0 Å². The van der Waals surface area contributed by atoms with Crippen LogP contribution in [0.2, 0.25) is 10.0 Å². The Hall–Kier alpha value is -0.260. The number of hydrogen-bond acceptors (Lipinski definition) is 0. The highest BCUT2D eigenvalue weighted by Gasteiger charge is 2.15. The Labute approximate surface area is 211 Å². The first-order chi connectivity index (χ1) is 14.1. The van der Waals surface area contributed by atoms with Crippen molar-refractivity contribution in [3.63, 3.8) is 0 Å². The maximum Gasteiger partial charge on any atom is 0.253 e. The molecule has 0 saturated carbocycles. The molecule has 170 valence electrons. The number of unbranched alkanes of at least 4 members (excludes halogenated alkanes) is 11. The summed E-state index contributed by atoms with van der Waals surface area (Å²) in [5, 5.41) is 1.47. The molecular weight excluding hydrogens is 526 g/mol. The van der Waals surface area contributed by atoms with E-state index in [1.54, 1.807) is 0 Å². The van der Waals surface area contributed by atoms with Crippen molar-refractivity contribution >= 4 is 23.2 Å². The van der Waals surface area contributed by atoms with Crippen LogP contribution in [0.25, 0.3) is 0 Å². The average Bonchev–Trinajstić information content (AvgIpc) is 3.05. The van der Waals surface area contributed by atoms with E-state index in [2.05, 4.69) is 35.4 Å². The lowest BCUT2D eigenvalue weighted by Crippen LogP contribution is -3.00. The third-order valence-electron chi connectivity index (χ3n) is 5.90. The van der Waals surface area contributed by atoms with Gasteiger partial charge in [0.05, 0.1) is 6.54 Å². The molecule has 5 heteroatoms. The zero-order valence-electron chi connectivity index (χ0n) is 18.8. The summed E-state index contributed by atoms with van der Waals surface area (Å²) in [6, 6.07) is 5.70. The van der Waals surface area contributed by atoms with Crippen LogP contribution in [0.1, 0.15) is 95.4 Å². The Balaban J connectivity index is 0.00000450. The second-order valence-corrected chi connectivity index (χ2v) is 9.07. The van der Waals surface area contributed by atoms with Crippen molar-refractivity contribution in [2.75, 3.05) is 0 Å². The lowest BCUT2D eigenvalue weighted by Gasteiger charge is -2.06. The summed E-state index contributed by atoms with van der Waals surface area (Å²) in [5.74, 6) is 1.25. The second kappa shape index (κ2) is 16.4. The van der Waals surface area contributed by atoms with Gasteiger partial charge in [-0.15, -0.1) is 0 Å². The van der Waals surface area contributed by atoms with Gasteiger partial charge in [-0.3, -0.25) is 0 Å². The van der Waals surface area contributed by atoms with Gasteiger partial charge in [0.2, 0.25) is 0 Å². The summed E-state index contributed by atoms with van der Waals surface area (Å²) in [6.07, 6.45) is 21.0. The topological polar surface area (TPSA) is 8.81 Å². The van der Waals surface area contributed by atoms with Gasteiger partial charge in [-0.2, -0.15) is 0 Å². The maximum atomic E-state index is 6.33. The molecule has 0 N–H and O–H groups in total. The minimum atomic E-state index is 0. The molecular formula is C25H39Cl2IN2. The van der Waals surface area contributed by atoms with Gasteiger partial charge in [-0.05, 0) is 25.0 Å². The third kappa shape index (κ3) is 9.91. The van der Waals surface area contributed by atoms with Crippen LogP contribution in [0.15, 0.2) is 30.6 Å². The Morgan fingerprint density at radius 3 is 1.83 bits per heavy atom. The van der Waals surface area contributed by atoms with Crippen molar-refractivity contribution in [2.24, 2.45) is 0 Å². The van der Waals surface area contributed by atoms with Crippen LogP contribution in [0.5, 0.6) is 0 Å². The molecule has 1 aromatic carbocycles. The molecule has 0 radical (unpaired) electrons. The van der Waals surface area contributed by atoms with E-state index in [9.17, 15) is 0 Å². The SMILES string of the molecule is CCCCCCCCCCCCCCn1cc[n+](Cc2c(Cl)cccc2Cl)c1C.[I-]. The molecule has 2 aromatic rings. The molecule has 1 aromatic heterocycles. The number of rotatable bonds is 15. The quantitative estimate of drug-likeness (QED) is 0.161. The van der Waals surface area contributed by atoms with E-state index >= 15 is 0 Å². The summed E-state index contributed by atoms with van der Waals surface area (Å²) >= 11 is 12.7. The normalized spacial score (nSPS) is 10.9. The van der Waals surface area contributed by atoms with E-state index in [-0.39, 0.29) is 24.0 Å². The highest BCUT2D eigenvalue weighted by atomic mass is 127. The predicted octanol–water partition coefficient (Wildman–Crippen LogP) is 5.14. The van der Waals surface area contributed by atoms with E-state index in [1.807, 2.05) is 18.2 Å². The second-order valence-electron chi connectivity index (χ2n) is 8.26. The lowest BCUT2D eigenvalue weighted by molar-refractivity contribution is -0.693. The summed E-state index contributed by atoms with van der Waals surface area (Å²) in [5.41, 5.74) is 0.993. The van der Waals surface area contributed by atoms with Gasteiger partial charge in [-0.1, -0.05) is 100 Å². The lowest BCUT2D eigenvalue weighted by atomic mass is 10.1. The maximum absolute atomic E-state index is 6.33.